The zero-order valence-electron chi connectivity index (χ0n) is 12.3. The van der Waals surface area contributed by atoms with E-state index in [1.54, 1.807) is 6.20 Å². The fourth-order valence-corrected chi connectivity index (χ4v) is 3.85. The third-order valence-electron chi connectivity index (χ3n) is 5.07. The Bertz CT molecular complexity index is 713. The number of fused-ring (bicyclic) bond motifs is 2. The van der Waals surface area contributed by atoms with Gasteiger partial charge >= 0.3 is 5.97 Å². The summed E-state index contributed by atoms with van der Waals surface area (Å²) in [6.07, 6.45) is 4.34. The third-order valence-corrected chi connectivity index (χ3v) is 5.07. The lowest BCUT2D eigenvalue weighted by Crippen LogP contribution is -2.44. The molecule has 1 N–H and O–H groups in total. The van der Waals surface area contributed by atoms with Gasteiger partial charge in [-0.15, -0.1) is 0 Å². The second-order valence-corrected chi connectivity index (χ2v) is 6.39. The predicted molar refractivity (Wildman–Crippen MR) is 79.5 cm³/mol. The van der Waals surface area contributed by atoms with Gasteiger partial charge in [0.1, 0.15) is 0 Å². The number of pyridine rings is 1. The maximum Gasteiger partial charge on any atom is 0.311 e. The number of aromatic nitrogens is 2. The van der Waals surface area contributed by atoms with E-state index in [-0.39, 0.29) is 5.92 Å². The second kappa shape index (κ2) is 5.07. The van der Waals surface area contributed by atoms with E-state index in [9.17, 15) is 9.90 Å². The zero-order chi connectivity index (χ0) is 15.2. The van der Waals surface area contributed by atoms with Gasteiger partial charge in [0.2, 0.25) is 0 Å². The topological polar surface area (TPSA) is 67.1 Å². The van der Waals surface area contributed by atoms with Crippen molar-refractivity contribution in [2.45, 2.75) is 13.0 Å². The van der Waals surface area contributed by atoms with E-state index in [2.05, 4.69) is 16.1 Å². The molecule has 2 aliphatic heterocycles. The smallest absolute Gasteiger partial charge is 0.311 e. The number of ether oxygens (including phenoxy) is 1. The summed E-state index contributed by atoms with van der Waals surface area (Å²) >= 11 is 0. The summed E-state index contributed by atoms with van der Waals surface area (Å²) in [7, 11) is 0. The average Bonchev–Trinajstić information content (AvgIpc) is 3.10. The minimum absolute atomic E-state index is 0.0949. The van der Waals surface area contributed by atoms with Crippen molar-refractivity contribution in [2.24, 2.45) is 11.3 Å². The van der Waals surface area contributed by atoms with Crippen molar-refractivity contribution in [2.75, 3.05) is 26.3 Å². The molecule has 0 aliphatic carbocycles. The lowest BCUT2D eigenvalue weighted by atomic mass is 9.74. The van der Waals surface area contributed by atoms with Crippen LogP contribution in [0.1, 0.15) is 12.0 Å². The number of nitrogens with zero attached hydrogens (tertiary/aromatic N) is 3. The van der Waals surface area contributed by atoms with Gasteiger partial charge in [0, 0.05) is 44.6 Å². The molecular weight excluding hydrogens is 282 g/mol. The molecule has 0 amide bonds. The molecule has 116 valence electrons. The standard InChI is InChI=1S/C16H19N3O3/c20-15(21)16-3-6-22-10-13(16)9-18(11-16)8-12-2-5-19-14(7-12)1-4-17-19/h1-2,4-5,7,13H,3,6,8-11H2,(H,20,21)/t13-,16+/m1/s1. The van der Waals surface area contributed by atoms with Crippen LogP contribution in [0, 0.1) is 11.3 Å². The SMILES string of the molecule is O=C(O)[C@]12CCOC[C@H]1CN(Cc1ccn3nccc3c1)C2. The van der Waals surface area contributed by atoms with Gasteiger partial charge in [-0.2, -0.15) is 5.10 Å². The van der Waals surface area contributed by atoms with E-state index in [0.717, 1.165) is 18.6 Å². The number of carboxylic acids is 1. The third kappa shape index (κ3) is 2.10. The molecule has 6 heteroatoms. The minimum atomic E-state index is -0.672. The van der Waals surface area contributed by atoms with Crippen molar-refractivity contribution in [1.82, 2.24) is 14.5 Å². The molecule has 0 saturated carbocycles. The van der Waals surface area contributed by atoms with Crippen molar-refractivity contribution in [3.05, 3.63) is 36.2 Å². The van der Waals surface area contributed by atoms with E-state index in [4.69, 9.17) is 4.74 Å². The van der Waals surface area contributed by atoms with E-state index >= 15 is 0 Å². The van der Waals surface area contributed by atoms with E-state index < -0.39 is 11.4 Å². The van der Waals surface area contributed by atoms with E-state index in [0.29, 0.717) is 26.2 Å². The fourth-order valence-electron chi connectivity index (χ4n) is 3.85. The molecule has 2 fully saturated rings. The van der Waals surface area contributed by atoms with E-state index in [1.807, 2.05) is 22.8 Å². The molecular formula is C16H19N3O3. The quantitative estimate of drug-likeness (QED) is 0.924. The molecule has 2 aliphatic rings. The molecule has 2 aromatic heterocycles. The molecule has 0 bridgehead atoms. The number of aliphatic carboxylic acids is 1. The molecule has 2 atom stereocenters. The molecule has 4 rings (SSSR count). The van der Waals surface area contributed by atoms with Crippen LogP contribution in [0.2, 0.25) is 0 Å². The summed E-state index contributed by atoms with van der Waals surface area (Å²) in [4.78, 5) is 14.0. The number of rotatable bonds is 3. The Hall–Kier alpha value is -1.92. The van der Waals surface area contributed by atoms with Gasteiger partial charge in [0.05, 0.1) is 17.5 Å². The van der Waals surface area contributed by atoms with E-state index in [1.165, 1.54) is 5.56 Å². The first-order valence-electron chi connectivity index (χ1n) is 7.63. The highest BCUT2D eigenvalue weighted by atomic mass is 16.5. The first-order valence-corrected chi connectivity index (χ1v) is 7.63. The maximum atomic E-state index is 11.8. The maximum absolute atomic E-state index is 11.8. The van der Waals surface area contributed by atoms with Crippen molar-refractivity contribution >= 4 is 11.5 Å². The monoisotopic (exact) mass is 301 g/mol. The number of hydrogen-bond acceptors (Lipinski definition) is 4. The molecule has 0 aromatic carbocycles. The van der Waals surface area contributed by atoms with Crippen LogP contribution in [0.5, 0.6) is 0 Å². The largest absolute Gasteiger partial charge is 0.481 e. The van der Waals surface area contributed by atoms with Crippen LogP contribution in [-0.4, -0.2) is 51.9 Å². The Morgan fingerprint density at radius 3 is 3.23 bits per heavy atom. The highest BCUT2D eigenvalue weighted by molar-refractivity contribution is 5.76. The number of carboxylic acid groups (broad SMARTS) is 1. The average molecular weight is 301 g/mol. The van der Waals surface area contributed by atoms with Gasteiger partial charge < -0.3 is 9.84 Å². The Kier molecular flexibility index (Phi) is 3.16. The zero-order valence-corrected chi connectivity index (χ0v) is 12.3. The van der Waals surface area contributed by atoms with Gasteiger partial charge in [-0.1, -0.05) is 0 Å². The summed E-state index contributed by atoms with van der Waals surface area (Å²) < 4.78 is 7.34. The molecule has 0 spiro atoms. The van der Waals surface area contributed by atoms with Crippen LogP contribution in [0.4, 0.5) is 0 Å². The highest BCUT2D eigenvalue weighted by Crippen LogP contribution is 2.42. The summed E-state index contributed by atoms with van der Waals surface area (Å²) in [6.45, 7) is 3.29. The molecule has 4 heterocycles. The molecule has 0 unspecified atom stereocenters. The number of carbonyl (C=O) groups is 1. The molecule has 0 radical (unpaired) electrons. The Morgan fingerprint density at radius 2 is 2.41 bits per heavy atom. The van der Waals surface area contributed by atoms with Gasteiger partial charge in [0.25, 0.3) is 0 Å². The van der Waals surface area contributed by atoms with Crippen LogP contribution >= 0.6 is 0 Å². The number of hydrogen-bond donors (Lipinski definition) is 1. The van der Waals surface area contributed by atoms with Crippen LogP contribution in [0.25, 0.3) is 5.52 Å². The highest BCUT2D eigenvalue weighted by Gasteiger charge is 2.53. The molecule has 2 saturated heterocycles. The molecule has 6 nitrogen and oxygen atoms in total. The predicted octanol–water partition coefficient (Wildman–Crippen LogP) is 1.26. The van der Waals surface area contributed by atoms with Crippen LogP contribution < -0.4 is 0 Å². The van der Waals surface area contributed by atoms with Crippen molar-refractivity contribution in [3.63, 3.8) is 0 Å². The van der Waals surface area contributed by atoms with Crippen LogP contribution in [-0.2, 0) is 16.1 Å². The Balaban J connectivity index is 1.55. The van der Waals surface area contributed by atoms with Gasteiger partial charge in [0.15, 0.2) is 0 Å². The van der Waals surface area contributed by atoms with Gasteiger partial charge in [-0.3, -0.25) is 9.69 Å². The van der Waals surface area contributed by atoms with Crippen LogP contribution in [0.3, 0.4) is 0 Å². The first-order chi connectivity index (χ1) is 10.7. The second-order valence-electron chi connectivity index (χ2n) is 6.39. The normalized spacial score (nSPS) is 28.8. The minimum Gasteiger partial charge on any atom is -0.481 e. The number of likely N-dealkylation sites (tertiary alicyclic amines) is 1. The summed E-state index contributed by atoms with van der Waals surface area (Å²) in [5.41, 5.74) is 1.62. The molecule has 2 aromatic rings. The summed E-state index contributed by atoms with van der Waals surface area (Å²) in [6, 6.07) is 6.13. The van der Waals surface area contributed by atoms with Crippen molar-refractivity contribution in [1.29, 1.82) is 0 Å². The molecule has 22 heavy (non-hydrogen) atoms. The summed E-state index contributed by atoms with van der Waals surface area (Å²) in [5.74, 6) is -0.577. The van der Waals surface area contributed by atoms with Gasteiger partial charge in [-0.05, 0) is 30.2 Å². The van der Waals surface area contributed by atoms with Gasteiger partial charge in [-0.25, -0.2) is 4.52 Å². The van der Waals surface area contributed by atoms with Crippen molar-refractivity contribution < 1.29 is 14.6 Å². The Labute approximate surface area is 128 Å². The van der Waals surface area contributed by atoms with Crippen LogP contribution in [0.15, 0.2) is 30.6 Å². The fraction of sp³-hybridized carbons (Fsp3) is 0.500. The first kappa shape index (κ1) is 13.7. The lowest BCUT2D eigenvalue weighted by Gasteiger charge is -2.34. The Morgan fingerprint density at radius 1 is 1.50 bits per heavy atom. The van der Waals surface area contributed by atoms with Crippen molar-refractivity contribution in [3.8, 4) is 0 Å². The summed E-state index contributed by atoms with van der Waals surface area (Å²) in [5, 5.41) is 13.9. The lowest BCUT2D eigenvalue weighted by molar-refractivity contribution is -0.157.